The lowest BCUT2D eigenvalue weighted by molar-refractivity contribution is 0.0697. The van der Waals surface area contributed by atoms with Crippen molar-refractivity contribution in [2.24, 2.45) is 5.92 Å². The molecule has 0 fully saturated rings. The summed E-state index contributed by atoms with van der Waals surface area (Å²) in [6, 6.07) is 13.6. The largest absolute Gasteiger partial charge is 0.494 e. The monoisotopic (exact) mass is 452 g/mol. The van der Waals surface area contributed by atoms with Crippen molar-refractivity contribution in [3.05, 3.63) is 53.6 Å². The molecule has 0 saturated carbocycles. The number of benzene rings is 2. The van der Waals surface area contributed by atoms with Gasteiger partial charge in [0.2, 0.25) is 0 Å². The summed E-state index contributed by atoms with van der Waals surface area (Å²) in [5.74, 6) is 0.407. The van der Waals surface area contributed by atoms with Gasteiger partial charge in [0.05, 0.1) is 12.2 Å². The molecule has 0 radical (unpaired) electrons. The number of carbonyl (C=O) groups is 1. The average Bonchev–Trinajstić information content (AvgIpc) is 2.82. The molecule has 182 valence electrons. The van der Waals surface area contributed by atoms with Gasteiger partial charge in [0, 0.05) is 5.56 Å². The van der Waals surface area contributed by atoms with Gasteiger partial charge in [-0.25, -0.2) is 4.79 Å². The molecule has 0 heterocycles. The van der Waals surface area contributed by atoms with Crippen LogP contribution >= 0.6 is 0 Å². The first-order valence-electron chi connectivity index (χ1n) is 13.1. The number of hydrogen-bond acceptors (Lipinski definition) is 2. The second kappa shape index (κ2) is 15.5. The van der Waals surface area contributed by atoms with Crippen molar-refractivity contribution in [2.75, 3.05) is 6.61 Å². The third-order valence-electron chi connectivity index (χ3n) is 6.56. The molecule has 0 unspecified atom stereocenters. The van der Waals surface area contributed by atoms with E-state index in [0.717, 1.165) is 36.1 Å². The predicted molar refractivity (Wildman–Crippen MR) is 139 cm³/mol. The van der Waals surface area contributed by atoms with Crippen molar-refractivity contribution in [1.29, 1.82) is 0 Å². The number of unbranched alkanes of at least 4 members (excludes halogenated alkanes) is 9. The maximum atomic E-state index is 11.9. The standard InChI is InChI=1S/C30H44O3/c1-4-6-7-8-9-10-11-12-13-16-21-33-26-19-20-28(30(31)32)29(23-26)27-18-15-14-17-25(27)22-24(3)5-2/h14-15,17-20,23-24H,4-13,16,21-22H2,1-3H3,(H,31,32)/t24-/m0/s1. The van der Waals surface area contributed by atoms with Crippen LogP contribution in [0.3, 0.4) is 0 Å². The number of carboxylic acids is 1. The molecular formula is C30H44O3. The van der Waals surface area contributed by atoms with Crippen molar-refractivity contribution in [3.63, 3.8) is 0 Å². The first-order chi connectivity index (χ1) is 16.1. The molecular weight excluding hydrogens is 408 g/mol. The van der Waals surface area contributed by atoms with Gasteiger partial charge in [-0.2, -0.15) is 0 Å². The molecule has 3 heteroatoms. The van der Waals surface area contributed by atoms with Crippen molar-refractivity contribution in [2.45, 2.75) is 97.8 Å². The van der Waals surface area contributed by atoms with Crippen LogP contribution in [0.5, 0.6) is 5.75 Å². The van der Waals surface area contributed by atoms with E-state index in [4.69, 9.17) is 4.74 Å². The van der Waals surface area contributed by atoms with E-state index in [-0.39, 0.29) is 0 Å². The van der Waals surface area contributed by atoms with E-state index in [2.05, 4.69) is 26.8 Å². The summed E-state index contributed by atoms with van der Waals surface area (Å²) < 4.78 is 6.02. The Labute approximate surface area is 201 Å². The molecule has 3 nitrogen and oxygen atoms in total. The Balaban J connectivity index is 1.91. The van der Waals surface area contributed by atoms with Gasteiger partial charge in [-0.05, 0) is 48.1 Å². The molecule has 0 spiro atoms. The third-order valence-corrected chi connectivity index (χ3v) is 6.56. The first-order valence-corrected chi connectivity index (χ1v) is 13.1. The van der Waals surface area contributed by atoms with Gasteiger partial charge in [0.15, 0.2) is 0 Å². The molecule has 2 aromatic rings. The van der Waals surface area contributed by atoms with Gasteiger partial charge in [-0.1, -0.05) is 109 Å². The molecule has 1 N–H and O–H groups in total. The second-order valence-electron chi connectivity index (χ2n) is 9.42. The topological polar surface area (TPSA) is 46.5 Å². The van der Waals surface area contributed by atoms with Crippen LogP contribution in [0.2, 0.25) is 0 Å². The highest BCUT2D eigenvalue weighted by atomic mass is 16.5. The fourth-order valence-corrected chi connectivity index (χ4v) is 4.28. The minimum atomic E-state index is -0.899. The van der Waals surface area contributed by atoms with E-state index in [1.165, 1.54) is 63.4 Å². The van der Waals surface area contributed by atoms with Crippen LogP contribution < -0.4 is 4.74 Å². The Morgan fingerprint density at radius 3 is 2.12 bits per heavy atom. The summed E-state index contributed by atoms with van der Waals surface area (Å²) in [6.07, 6.45) is 15.0. The minimum Gasteiger partial charge on any atom is -0.494 e. The van der Waals surface area contributed by atoms with Crippen LogP contribution in [0.15, 0.2) is 42.5 Å². The van der Waals surface area contributed by atoms with Crippen LogP contribution in [0.4, 0.5) is 0 Å². The summed E-state index contributed by atoms with van der Waals surface area (Å²) in [7, 11) is 0. The number of carboxylic acid groups (broad SMARTS) is 1. The predicted octanol–water partition coefficient (Wildman–Crippen LogP) is 8.94. The summed E-state index contributed by atoms with van der Waals surface area (Å²) in [5.41, 5.74) is 3.28. The Bertz CT molecular complexity index is 827. The fraction of sp³-hybridized carbons (Fsp3) is 0.567. The zero-order chi connectivity index (χ0) is 23.9. The highest BCUT2D eigenvalue weighted by Gasteiger charge is 2.16. The SMILES string of the molecule is CCCCCCCCCCCCOc1ccc(C(=O)O)c(-c2ccccc2C[C@@H](C)CC)c1. The normalized spacial score (nSPS) is 12.0. The molecule has 0 aliphatic rings. The molecule has 2 rings (SSSR count). The molecule has 1 atom stereocenters. The van der Waals surface area contributed by atoms with E-state index in [1.54, 1.807) is 12.1 Å². The van der Waals surface area contributed by atoms with E-state index < -0.39 is 5.97 Å². The maximum Gasteiger partial charge on any atom is 0.336 e. The lowest BCUT2D eigenvalue weighted by Gasteiger charge is -2.16. The smallest absolute Gasteiger partial charge is 0.336 e. The van der Waals surface area contributed by atoms with E-state index in [9.17, 15) is 9.90 Å². The van der Waals surface area contributed by atoms with Crippen molar-refractivity contribution in [3.8, 4) is 16.9 Å². The third kappa shape index (κ3) is 9.61. The summed E-state index contributed by atoms with van der Waals surface area (Å²) >= 11 is 0. The number of aromatic carboxylic acids is 1. The lowest BCUT2D eigenvalue weighted by atomic mass is 9.90. The van der Waals surface area contributed by atoms with Gasteiger partial charge < -0.3 is 9.84 Å². The highest BCUT2D eigenvalue weighted by molar-refractivity contribution is 5.97. The quantitative estimate of drug-likeness (QED) is 0.244. The zero-order valence-electron chi connectivity index (χ0n) is 21.1. The first kappa shape index (κ1) is 27.0. The van der Waals surface area contributed by atoms with Gasteiger partial charge in [0.1, 0.15) is 5.75 Å². The lowest BCUT2D eigenvalue weighted by Crippen LogP contribution is -2.05. The van der Waals surface area contributed by atoms with E-state index in [0.29, 0.717) is 18.1 Å². The Hall–Kier alpha value is -2.29. The highest BCUT2D eigenvalue weighted by Crippen LogP contribution is 2.32. The second-order valence-corrected chi connectivity index (χ2v) is 9.42. The van der Waals surface area contributed by atoms with Gasteiger partial charge in [-0.15, -0.1) is 0 Å². The summed E-state index contributed by atoms with van der Waals surface area (Å²) in [6.45, 7) is 7.37. The van der Waals surface area contributed by atoms with Gasteiger partial charge >= 0.3 is 5.97 Å². The van der Waals surface area contributed by atoms with E-state index >= 15 is 0 Å². The van der Waals surface area contributed by atoms with Crippen LogP contribution in [0.25, 0.3) is 11.1 Å². The van der Waals surface area contributed by atoms with Crippen LogP contribution in [0.1, 0.15) is 107 Å². The Kier molecular flexibility index (Phi) is 12.7. The van der Waals surface area contributed by atoms with Crippen molar-refractivity contribution in [1.82, 2.24) is 0 Å². The van der Waals surface area contributed by atoms with Crippen LogP contribution in [-0.2, 0) is 6.42 Å². The van der Waals surface area contributed by atoms with Gasteiger partial charge in [0.25, 0.3) is 0 Å². The molecule has 0 aliphatic heterocycles. The number of hydrogen-bond donors (Lipinski definition) is 1. The Morgan fingerprint density at radius 2 is 1.48 bits per heavy atom. The number of ether oxygens (including phenoxy) is 1. The fourth-order valence-electron chi connectivity index (χ4n) is 4.28. The zero-order valence-corrected chi connectivity index (χ0v) is 21.1. The van der Waals surface area contributed by atoms with E-state index in [1.807, 2.05) is 24.3 Å². The maximum absolute atomic E-state index is 11.9. The minimum absolute atomic E-state index is 0.331. The van der Waals surface area contributed by atoms with Gasteiger partial charge in [-0.3, -0.25) is 0 Å². The summed E-state index contributed by atoms with van der Waals surface area (Å²) in [4.78, 5) is 11.9. The molecule has 33 heavy (non-hydrogen) atoms. The molecule has 0 aliphatic carbocycles. The van der Waals surface area contributed by atoms with Crippen LogP contribution in [-0.4, -0.2) is 17.7 Å². The Morgan fingerprint density at radius 1 is 0.848 bits per heavy atom. The molecule has 2 aromatic carbocycles. The van der Waals surface area contributed by atoms with Crippen molar-refractivity contribution < 1.29 is 14.6 Å². The van der Waals surface area contributed by atoms with Crippen molar-refractivity contribution >= 4 is 5.97 Å². The van der Waals surface area contributed by atoms with Crippen LogP contribution in [0, 0.1) is 5.92 Å². The summed E-state index contributed by atoms with van der Waals surface area (Å²) in [5, 5.41) is 9.77. The molecule has 0 saturated heterocycles. The number of rotatable bonds is 17. The molecule has 0 aromatic heterocycles. The molecule has 0 amide bonds. The average molecular weight is 453 g/mol. The molecule has 0 bridgehead atoms.